The number of anilines is 1. The van der Waals surface area contributed by atoms with Crippen molar-refractivity contribution in [1.82, 2.24) is 5.32 Å². The Morgan fingerprint density at radius 3 is 2.06 bits per heavy atom. The van der Waals surface area contributed by atoms with E-state index < -0.39 is 0 Å². The van der Waals surface area contributed by atoms with E-state index >= 15 is 0 Å². The van der Waals surface area contributed by atoms with Gasteiger partial charge in [-0.3, -0.25) is 9.69 Å². The van der Waals surface area contributed by atoms with E-state index in [0.717, 1.165) is 11.4 Å². The van der Waals surface area contributed by atoms with E-state index in [1.54, 1.807) is 12.0 Å². The summed E-state index contributed by atoms with van der Waals surface area (Å²) in [6.45, 7) is 1.19. The standard InChI is InChI=1S/C12H10INO2S.C6H6.C3H5NO2.CH3.Tl/c1-16-11-4-2-9(3-5-11)14-10(6-7-17-13)8-12(14)15;1-2-4-6-5-3-1;5-3-4-1-2-6-3;;/h2-5,10H,8H2,1H3;1-6H;1-2H2,(H,4,5);1H3;. The van der Waals surface area contributed by atoms with Crippen molar-refractivity contribution in [3.8, 4) is 16.9 Å². The number of amides is 2. The summed E-state index contributed by atoms with van der Waals surface area (Å²) in [5.41, 5.74) is 0.875. The van der Waals surface area contributed by atoms with Gasteiger partial charge in [-0.15, -0.1) is 0 Å². The van der Waals surface area contributed by atoms with Crippen molar-refractivity contribution in [2.75, 3.05) is 25.2 Å². The number of hydrogen-bond acceptors (Lipinski definition) is 5. The van der Waals surface area contributed by atoms with E-state index in [1.807, 2.05) is 60.7 Å². The van der Waals surface area contributed by atoms with Gasteiger partial charge in [0.2, 0.25) is 5.91 Å². The number of methoxy groups -OCH3 is 1. The normalized spacial score (nSPS) is 15.4. The van der Waals surface area contributed by atoms with Crippen LogP contribution in [0.4, 0.5) is 10.5 Å². The van der Waals surface area contributed by atoms with Crippen LogP contribution in [0.1, 0.15) is 6.42 Å². The van der Waals surface area contributed by atoms with Crippen LogP contribution in [-0.2, 0) is 9.53 Å². The minimum Gasteiger partial charge on any atom is -0.0623 e. The zero-order chi connectivity index (χ0) is 22.9. The number of β-lactam (4-membered cyclic amide) rings is 1. The van der Waals surface area contributed by atoms with E-state index in [2.05, 4.69) is 46.9 Å². The van der Waals surface area contributed by atoms with Crippen LogP contribution < -0.4 is 15.0 Å². The fraction of sp³-hybridized carbons (Fsp3) is 0.273. The molecule has 9 heteroatoms. The second-order valence-electron chi connectivity index (χ2n) is 5.72. The molecule has 0 aromatic heterocycles. The predicted octanol–water partition coefficient (Wildman–Crippen LogP) is 4.46. The number of ether oxygens (including phenoxy) is 2. The van der Waals surface area contributed by atoms with Gasteiger partial charge in [-0.2, -0.15) is 0 Å². The van der Waals surface area contributed by atoms with Crippen LogP contribution in [0.3, 0.4) is 0 Å². The summed E-state index contributed by atoms with van der Waals surface area (Å²) in [7, 11) is 3.06. The van der Waals surface area contributed by atoms with Gasteiger partial charge in [0.1, 0.15) is 18.4 Å². The first-order valence-corrected chi connectivity index (χ1v) is 17.2. The average molecular weight is 744 g/mol. The van der Waals surface area contributed by atoms with Crippen LogP contribution in [0.2, 0.25) is 4.48 Å². The molecule has 2 amide bonds. The Morgan fingerprint density at radius 2 is 1.71 bits per heavy atom. The van der Waals surface area contributed by atoms with Crippen molar-refractivity contribution in [1.29, 1.82) is 0 Å². The molecule has 2 fully saturated rings. The molecular formula is C22H24IN2O4STl. The molecule has 31 heavy (non-hydrogen) atoms. The van der Waals surface area contributed by atoms with Gasteiger partial charge >= 0.3 is 36.3 Å². The quantitative estimate of drug-likeness (QED) is 0.213. The van der Waals surface area contributed by atoms with Crippen LogP contribution in [0.5, 0.6) is 5.75 Å². The minimum absolute atomic E-state index is 0.0122. The zero-order valence-electron chi connectivity index (χ0n) is 17.4. The summed E-state index contributed by atoms with van der Waals surface area (Å²) in [6.07, 6.45) is 0.214. The van der Waals surface area contributed by atoms with E-state index in [1.165, 1.54) is 34.7 Å². The Labute approximate surface area is 216 Å². The van der Waals surface area contributed by atoms with Crippen LogP contribution in [0.15, 0.2) is 60.7 Å². The van der Waals surface area contributed by atoms with Crippen molar-refractivity contribution in [2.24, 2.45) is 0 Å². The summed E-state index contributed by atoms with van der Waals surface area (Å²) in [4.78, 5) is 23.2. The number of cyclic esters (lactones) is 1. The first-order chi connectivity index (χ1) is 15.2. The van der Waals surface area contributed by atoms with Gasteiger partial charge in [-0.05, 0) is 38.5 Å². The molecule has 2 aliphatic heterocycles. The predicted molar refractivity (Wildman–Crippen MR) is 136 cm³/mol. The number of rotatable bonds is 2. The molecule has 0 spiro atoms. The Kier molecular flexibility index (Phi) is 15.2. The van der Waals surface area contributed by atoms with Crippen LogP contribution >= 0.6 is 30.1 Å². The van der Waals surface area contributed by atoms with E-state index in [0.29, 0.717) is 19.6 Å². The van der Waals surface area contributed by atoms with Crippen molar-refractivity contribution in [2.45, 2.75) is 16.9 Å². The molecule has 2 heterocycles. The summed E-state index contributed by atoms with van der Waals surface area (Å²) >= 11 is 3.29. The molecule has 162 valence electrons. The van der Waals surface area contributed by atoms with Gasteiger partial charge in [-0.1, -0.05) is 42.3 Å². The largest absolute Gasteiger partial charge is 0.0623 e. The first kappa shape index (κ1) is 27.6. The summed E-state index contributed by atoms with van der Waals surface area (Å²) in [6, 6.07) is 19.5. The fourth-order valence-electron chi connectivity index (χ4n) is 2.42. The molecular weight excluding hydrogens is 720 g/mol. The molecule has 0 aliphatic carbocycles. The Bertz CT molecular complexity index is 809. The number of carbonyl (C=O) groups excluding carboxylic acids is 2. The summed E-state index contributed by atoms with van der Waals surface area (Å²) in [5, 5.41) is 5.39. The Morgan fingerprint density at radius 1 is 1.13 bits per heavy atom. The molecule has 6 nitrogen and oxygen atoms in total. The number of halogens is 1. The molecule has 1 unspecified atom stereocenters. The zero-order valence-corrected chi connectivity index (χ0v) is 24.9. The Hall–Kier alpha value is -1.46. The van der Waals surface area contributed by atoms with Crippen LogP contribution in [-0.4, -0.2) is 64.1 Å². The van der Waals surface area contributed by atoms with Gasteiger partial charge in [0.25, 0.3) is 0 Å². The molecule has 0 radical (unpaired) electrons. The molecule has 0 saturated carbocycles. The average Bonchev–Trinajstić information content (AvgIpc) is 3.31. The van der Waals surface area contributed by atoms with Crippen molar-refractivity contribution >= 4 is 73.6 Å². The second-order valence-corrected chi connectivity index (χ2v) is 7.40. The van der Waals surface area contributed by atoms with Gasteiger partial charge in [0.15, 0.2) is 0 Å². The van der Waals surface area contributed by atoms with Crippen molar-refractivity contribution < 1.29 is 19.1 Å². The van der Waals surface area contributed by atoms with Gasteiger partial charge in [0.05, 0.1) is 20.1 Å². The van der Waals surface area contributed by atoms with E-state index in [-0.39, 0.29) is 18.0 Å². The van der Waals surface area contributed by atoms with E-state index in [9.17, 15) is 9.59 Å². The SMILES string of the molecule is COc1ccc(N2C(=O)CC2C#CSI)cc1.O=C1NCCO1.[CH3][Tl].c1ccccc1. The number of alkyl carbamates (subject to hydrolysis) is 1. The number of nitrogens with one attached hydrogen (secondary N) is 1. The molecule has 4 rings (SSSR count). The van der Waals surface area contributed by atoms with Gasteiger partial charge in [-0.25, -0.2) is 4.79 Å². The maximum absolute atomic E-state index is 11.6. The second kappa shape index (κ2) is 17.1. The number of benzene rings is 2. The summed E-state index contributed by atoms with van der Waals surface area (Å²) in [5.74, 6) is 3.96. The third-order valence-electron chi connectivity index (χ3n) is 3.83. The fourth-order valence-corrected chi connectivity index (χ4v) is 2.98. The van der Waals surface area contributed by atoms with Crippen LogP contribution in [0.25, 0.3) is 0 Å². The van der Waals surface area contributed by atoms with E-state index in [4.69, 9.17) is 4.74 Å². The topological polar surface area (TPSA) is 67.9 Å². The third-order valence-corrected chi connectivity index (χ3v) is 4.69. The molecule has 0 bridgehead atoms. The molecule has 1 N–H and O–H groups in total. The van der Waals surface area contributed by atoms with Crippen LogP contribution in [0, 0.1) is 11.2 Å². The number of carbonyl (C=O) groups is 2. The van der Waals surface area contributed by atoms with Gasteiger partial charge in [0, 0.05) is 26.9 Å². The smallest absolute Gasteiger partial charge is 0.0623 e. The molecule has 1 atom stereocenters. The first-order valence-electron chi connectivity index (χ1n) is 9.38. The van der Waals surface area contributed by atoms with Crippen molar-refractivity contribution in [3.63, 3.8) is 0 Å². The monoisotopic (exact) mass is 744 g/mol. The molecule has 2 aliphatic rings. The minimum atomic E-state index is -0.296. The number of nitrogens with zero attached hydrogens (tertiary/aromatic N) is 1. The Balaban J connectivity index is 0.000000279. The summed E-state index contributed by atoms with van der Waals surface area (Å²) < 4.78 is 11.7. The maximum Gasteiger partial charge on any atom is -0.0623 e. The van der Waals surface area contributed by atoms with Crippen molar-refractivity contribution in [3.05, 3.63) is 60.7 Å². The maximum atomic E-state index is 11.6. The number of hydrogen-bond donors (Lipinski definition) is 1. The van der Waals surface area contributed by atoms with Gasteiger partial charge < -0.3 is 14.8 Å². The molecule has 2 saturated heterocycles. The molecule has 2 aromatic rings. The third kappa shape index (κ3) is 10.6. The molecule has 2 aromatic carbocycles.